The van der Waals surface area contributed by atoms with Crippen molar-refractivity contribution in [2.24, 2.45) is 10.7 Å². The summed E-state index contributed by atoms with van der Waals surface area (Å²) in [6.07, 6.45) is 0. The van der Waals surface area contributed by atoms with Crippen LogP contribution >= 0.6 is 35.1 Å². The molecule has 2 aliphatic heterocycles. The number of aromatic hydroxyl groups is 1. The van der Waals surface area contributed by atoms with Gasteiger partial charge in [-0.2, -0.15) is 0 Å². The number of nitrogens with two attached hydrogens (primary N) is 1. The number of pyridine rings is 1. The Morgan fingerprint density at radius 3 is 2.96 bits per heavy atom. The van der Waals surface area contributed by atoms with Gasteiger partial charge in [0.05, 0.1) is 23.0 Å². The van der Waals surface area contributed by atoms with E-state index in [2.05, 4.69) is 10.3 Å². The van der Waals surface area contributed by atoms with Gasteiger partial charge in [-0.05, 0) is 18.2 Å². The largest absolute Gasteiger partial charge is 0.506 e. The van der Waals surface area contributed by atoms with Crippen LogP contribution in [0.3, 0.4) is 0 Å². The second kappa shape index (κ2) is 6.68. The molecule has 130 valence electrons. The van der Waals surface area contributed by atoms with E-state index in [0.29, 0.717) is 27.0 Å². The fourth-order valence-corrected chi connectivity index (χ4v) is 5.52. The standard InChI is InChI=1S/C16H15ClN4O2S2/c17-8-2-1-7-3-12(22)13(19-9(7)4-8)16-21-11(6-25-16)15-20-10(5-24-15)14(18)23/h1-4,10-11,15,20,22H,5-6H2,(H2,18,23)/t10-,11+,15+/m0/s1. The summed E-state index contributed by atoms with van der Waals surface area (Å²) < 4.78 is 0. The van der Waals surface area contributed by atoms with Crippen LogP contribution < -0.4 is 11.1 Å². The summed E-state index contributed by atoms with van der Waals surface area (Å²) in [4.78, 5) is 20.5. The molecule has 6 nitrogen and oxygen atoms in total. The number of fused-ring (bicyclic) bond motifs is 1. The third-order valence-electron chi connectivity index (χ3n) is 4.14. The first-order valence-electron chi connectivity index (χ1n) is 7.68. The normalized spacial score (nSPS) is 26.1. The molecule has 25 heavy (non-hydrogen) atoms. The van der Waals surface area contributed by atoms with E-state index in [1.165, 1.54) is 0 Å². The number of rotatable bonds is 3. The molecule has 0 spiro atoms. The van der Waals surface area contributed by atoms with Gasteiger partial charge in [0.1, 0.15) is 16.5 Å². The van der Waals surface area contributed by atoms with E-state index in [1.54, 1.807) is 41.7 Å². The fourth-order valence-electron chi connectivity index (χ4n) is 2.84. The lowest BCUT2D eigenvalue weighted by Gasteiger charge is -2.15. The number of amides is 1. The maximum Gasteiger partial charge on any atom is 0.235 e. The van der Waals surface area contributed by atoms with Crippen LogP contribution in [0.1, 0.15) is 5.69 Å². The first-order chi connectivity index (χ1) is 12.0. The predicted octanol–water partition coefficient (Wildman–Crippen LogP) is 1.97. The smallest absolute Gasteiger partial charge is 0.235 e. The van der Waals surface area contributed by atoms with Gasteiger partial charge in [-0.3, -0.25) is 15.1 Å². The van der Waals surface area contributed by atoms with Gasteiger partial charge in [0, 0.05) is 21.9 Å². The summed E-state index contributed by atoms with van der Waals surface area (Å²) >= 11 is 9.23. The van der Waals surface area contributed by atoms with Crippen molar-refractivity contribution in [3.8, 4) is 5.75 Å². The minimum atomic E-state index is -0.337. The molecule has 4 rings (SSSR count). The highest BCUT2D eigenvalue weighted by Gasteiger charge is 2.36. The molecule has 0 aliphatic carbocycles. The van der Waals surface area contributed by atoms with E-state index in [0.717, 1.165) is 11.1 Å². The highest BCUT2D eigenvalue weighted by molar-refractivity contribution is 8.14. The van der Waals surface area contributed by atoms with Crippen LogP contribution in [-0.2, 0) is 4.79 Å². The Morgan fingerprint density at radius 2 is 2.20 bits per heavy atom. The van der Waals surface area contributed by atoms with Crippen molar-refractivity contribution >= 4 is 57.0 Å². The number of carbonyl (C=O) groups excluding carboxylic acids is 1. The van der Waals surface area contributed by atoms with Gasteiger partial charge >= 0.3 is 0 Å². The monoisotopic (exact) mass is 394 g/mol. The van der Waals surface area contributed by atoms with Crippen LogP contribution in [0.2, 0.25) is 5.02 Å². The van der Waals surface area contributed by atoms with Crippen molar-refractivity contribution in [1.29, 1.82) is 0 Å². The average Bonchev–Trinajstić information content (AvgIpc) is 3.23. The van der Waals surface area contributed by atoms with Crippen LogP contribution in [0.5, 0.6) is 5.75 Å². The Balaban J connectivity index is 1.61. The highest BCUT2D eigenvalue weighted by Crippen LogP contribution is 2.34. The molecule has 1 aromatic carbocycles. The van der Waals surface area contributed by atoms with Crippen LogP contribution in [0, 0.1) is 0 Å². The van der Waals surface area contributed by atoms with Gasteiger partial charge < -0.3 is 10.8 Å². The van der Waals surface area contributed by atoms with E-state index >= 15 is 0 Å². The number of aromatic nitrogens is 1. The van der Waals surface area contributed by atoms with Crippen molar-refractivity contribution in [3.63, 3.8) is 0 Å². The van der Waals surface area contributed by atoms with Gasteiger partial charge in [-0.15, -0.1) is 23.5 Å². The third kappa shape index (κ3) is 3.31. The van der Waals surface area contributed by atoms with Crippen molar-refractivity contribution in [1.82, 2.24) is 10.3 Å². The van der Waals surface area contributed by atoms with E-state index in [-0.39, 0.29) is 29.1 Å². The lowest BCUT2D eigenvalue weighted by Crippen LogP contribution is -2.44. The molecule has 1 aromatic heterocycles. The third-order valence-corrected chi connectivity index (χ3v) is 6.79. The number of carbonyl (C=O) groups is 1. The first kappa shape index (κ1) is 17.0. The van der Waals surface area contributed by atoms with E-state index in [1.807, 2.05) is 6.07 Å². The topological polar surface area (TPSA) is 101 Å². The molecule has 1 amide bonds. The number of nitrogens with one attached hydrogen (secondary N) is 1. The maximum atomic E-state index is 11.3. The number of hydrogen-bond acceptors (Lipinski definition) is 7. The van der Waals surface area contributed by atoms with Gasteiger partial charge in [-0.1, -0.05) is 17.7 Å². The Kier molecular flexibility index (Phi) is 4.53. The number of thioether (sulfide) groups is 2. The zero-order valence-electron chi connectivity index (χ0n) is 13.0. The molecule has 0 bridgehead atoms. The van der Waals surface area contributed by atoms with Gasteiger partial charge in [-0.25, -0.2) is 4.98 Å². The summed E-state index contributed by atoms with van der Waals surface area (Å²) in [6.45, 7) is 0. The number of primary amides is 1. The molecule has 1 saturated heterocycles. The molecule has 9 heteroatoms. The molecule has 1 fully saturated rings. The van der Waals surface area contributed by atoms with Gasteiger partial charge in [0.25, 0.3) is 0 Å². The average molecular weight is 395 g/mol. The minimum absolute atomic E-state index is 0.00519. The maximum absolute atomic E-state index is 11.3. The lowest BCUT2D eigenvalue weighted by molar-refractivity contribution is -0.119. The number of nitrogens with zero attached hydrogens (tertiary/aromatic N) is 2. The molecule has 2 aromatic rings. The molecular weight excluding hydrogens is 380 g/mol. The number of halogens is 1. The Hall–Kier alpha value is -1.48. The molecule has 3 heterocycles. The Morgan fingerprint density at radius 1 is 1.36 bits per heavy atom. The number of hydrogen-bond donors (Lipinski definition) is 3. The van der Waals surface area contributed by atoms with E-state index in [9.17, 15) is 9.90 Å². The number of benzene rings is 1. The second-order valence-electron chi connectivity index (χ2n) is 5.88. The van der Waals surface area contributed by atoms with E-state index < -0.39 is 0 Å². The highest BCUT2D eigenvalue weighted by atomic mass is 35.5. The van der Waals surface area contributed by atoms with Gasteiger partial charge in [0.2, 0.25) is 5.91 Å². The molecular formula is C16H15ClN4O2S2. The zero-order chi connectivity index (χ0) is 17.6. The Labute approximate surface area is 157 Å². The minimum Gasteiger partial charge on any atom is -0.506 e. The summed E-state index contributed by atoms with van der Waals surface area (Å²) in [5, 5.41) is 15.7. The lowest BCUT2D eigenvalue weighted by atomic mass is 10.2. The van der Waals surface area contributed by atoms with Crippen molar-refractivity contribution in [2.75, 3.05) is 11.5 Å². The SMILES string of the molecule is NC(=O)[C@@H]1CS[C@H]([C@H]2CSC(c3nc4cc(Cl)ccc4cc3O)=N2)N1. The predicted molar refractivity (Wildman–Crippen MR) is 104 cm³/mol. The molecule has 2 aliphatic rings. The molecule has 0 saturated carbocycles. The van der Waals surface area contributed by atoms with Crippen molar-refractivity contribution < 1.29 is 9.90 Å². The van der Waals surface area contributed by atoms with Crippen LogP contribution in [0.4, 0.5) is 0 Å². The van der Waals surface area contributed by atoms with E-state index in [4.69, 9.17) is 22.3 Å². The van der Waals surface area contributed by atoms with Gasteiger partial charge in [0.15, 0.2) is 0 Å². The van der Waals surface area contributed by atoms with Crippen molar-refractivity contribution in [3.05, 3.63) is 35.0 Å². The van der Waals surface area contributed by atoms with Crippen molar-refractivity contribution in [2.45, 2.75) is 17.5 Å². The first-order valence-corrected chi connectivity index (χ1v) is 10.1. The Bertz CT molecular complexity index is 892. The molecule has 0 unspecified atom stereocenters. The number of aliphatic imine (C=N–C) groups is 1. The van der Waals surface area contributed by atoms with Crippen LogP contribution in [-0.4, -0.2) is 50.0 Å². The molecule has 3 atom stereocenters. The summed E-state index contributed by atoms with van der Waals surface area (Å²) in [7, 11) is 0. The zero-order valence-corrected chi connectivity index (χ0v) is 15.4. The quantitative estimate of drug-likeness (QED) is 0.735. The molecule has 4 N–H and O–H groups in total. The van der Waals surface area contributed by atoms with Crippen LogP contribution in [0.25, 0.3) is 10.9 Å². The second-order valence-corrected chi connectivity index (χ2v) is 8.50. The van der Waals surface area contributed by atoms with Crippen LogP contribution in [0.15, 0.2) is 29.3 Å². The fraction of sp³-hybridized carbons (Fsp3) is 0.312. The summed E-state index contributed by atoms with van der Waals surface area (Å²) in [6, 6.07) is 6.73. The summed E-state index contributed by atoms with van der Waals surface area (Å²) in [5.41, 5.74) is 6.54. The molecule has 0 radical (unpaired) electrons. The summed E-state index contributed by atoms with van der Waals surface area (Å²) in [5.74, 6) is 1.18.